The predicted molar refractivity (Wildman–Crippen MR) is 87.3 cm³/mol. The van der Waals surface area contributed by atoms with Crippen molar-refractivity contribution in [2.45, 2.75) is 0 Å². The molecule has 1 amide bonds. The molecule has 0 spiro atoms. The van der Waals surface area contributed by atoms with E-state index in [1.54, 1.807) is 18.2 Å². The van der Waals surface area contributed by atoms with Crippen LogP contribution in [0.4, 0.5) is 17.1 Å². The second kappa shape index (κ2) is 5.96. The van der Waals surface area contributed by atoms with E-state index < -0.39 is 0 Å². The summed E-state index contributed by atoms with van der Waals surface area (Å²) in [6, 6.07) is 12.9. The minimum atomic E-state index is -0.222. The van der Waals surface area contributed by atoms with Crippen LogP contribution in [-0.2, 0) is 0 Å². The molecule has 0 bridgehead atoms. The summed E-state index contributed by atoms with van der Waals surface area (Å²) in [4.78, 5) is 14.2. The topological polar surface area (TPSA) is 58.4 Å². The molecule has 0 unspecified atom stereocenters. The number of nitrogens with two attached hydrogens (primary N) is 1. The summed E-state index contributed by atoms with van der Waals surface area (Å²) in [5, 5.41) is 2.86. The Kier molecular flexibility index (Phi) is 4.29. The highest BCUT2D eigenvalue weighted by atomic mass is 79.9. The molecule has 20 heavy (non-hydrogen) atoms. The van der Waals surface area contributed by atoms with Crippen LogP contribution in [0.25, 0.3) is 0 Å². The van der Waals surface area contributed by atoms with Crippen LogP contribution in [0.3, 0.4) is 0 Å². The van der Waals surface area contributed by atoms with Crippen LogP contribution in [0.1, 0.15) is 10.4 Å². The average Bonchev–Trinajstić information content (AvgIpc) is 2.42. The zero-order valence-corrected chi connectivity index (χ0v) is 12.9. The molecule has 0 fully saturated rings. The highest BCUT2D eigenvalue weighted by molar-refractivity contribution is 9.10. The number of nitrogens with zero attached hydrogens (tertiary/aromatic N) is 1. The van der Waals surface area contributed by atoms with Crippen LogP contribution in [0.2, 0.25) is 0 Å². The number of hydrogen-bond donors (Lipinski definition) is 2. The first-order valence-electron chi connectivity index (χ1n) is 6.12. The number of para-hydroxylation sites is 1. The first-order valence-corrected chi connectivity index (χ1v) is 6.91. The number of benzene rings is 2. The van der Waals surface area contributed by atoms with Gasteiger partial charge in [-0.3, -0.25) is 4.79 Å². The number of rotatable bonds is 3. The summed E-state index contributed by atoms with van der Waals surface area (Å²) in [6.45, 7) is 0. The molecule has 2 rings (SSSR count). The smallest absolute Gasteiger partial charge is 0.257 e. The van der Waals surface area contributed by atoms with Gasteiger partial charge in [-0.25, -0.2) is 0 Å². The molecule has 0 aliphatic heterocycles. The minimum Gasteiger partial charge on any atom is -0.397 e. The molecule has 4 nitrogen and oxygen atoms in total. The number of hydrogen-bond acceptors (Lipinski definition) is 3. The van der Waals surface area contributed by atoms with Gasteiger partial charge in [-0.05, 0) is 46.3 Å². The fourth-order valence-corrected chi connectivity index (χ4v) is 2.16. The SMILES string of the molecule is CN(C)c1cccc(NC(=O)c2cccc(Br)c2N)c1. The molecule has 0 saturated heterocycles. The van der Waals surface area contributed by atoms with E-state index >= 15 is 0 Å². The summed E-state index contributed by atoms with van der Waals surface area (Å²) in [7, 11) is 3.90. The van der Waals surface area contributed by atoms with E-state index in [1.807, 2.05) is 43.3 Å². The molecule has 104 valence electrons. The monoisotopic (exact) mass is 333 g/mol. The number of halogens is 1. The zero-order chi connectivity index (χ0) is 14.7. The van der Waals surface area contributed by atoms with Crippen molar-refractivity contribution in [3.05, 3.63) is 52.5 Å². The lowest BCUT2D eigenvalue weighted by molar-refractivity contribution is 0.102. The van der Waals surface area contributed by atoms with Gasteiger partial charge in [0, 0.05) is 29.9 Å². The van der Waals surface area contributed by atoms with E-state index in [2.05, 4.69) is 21.2 Å². The Morgan fingerprint density at radius 1 is 1.20 bits per heavy atom. The number of carbonyl (C=O) groups excluding carboxylic acids is 1. The van der Waals surface area contributed by atoms with Crippen LogP contribution in [0, 0.1) is 0 Å². The Morgan fingerprint density at radius 2 is 1.90 bits per heavy atom. The van der Waals surface area contributed by atoms with Crippen molar-refractivity contribution >= 4 is 38.9 Å². The first-order chi connectivity index (χ1) is 9.49. The molecule has 0 aliphatic carbocycles. The molecule has 2 aromatic rings. The summed E-state index contributed by atoms with van der Waals surface area (Å²) in [5.74, 6) is -0.222. The van der Waals surface area contributed by atoms with Crippen molar-refractivity contribution < 1.29 is 4.79 Å². The number of carbonyl (C=O) groups is 1. The summed E-state index contributed by atoms with van der Waals surface area (Å²) in [5.41, 5.74) is 8.55. The number of nitrogens with one attached hydrogen (secondary N) is 1. The van der Waals surface area contributed by atoms with Crippen LogP contribution in [0.15, 0.2) is 46.9 Å². The summed E-state index contributed by atoms with van der Waals surface area (Å²) >= 11 is 3.32. The van der Waals surface area contributed by atoms with Crippen molar-refractivity contribution in [2.75, 3.05) is 30.0 Å². The van der Waals surface area contributed by atoms with Crippen molar-refractivity contribution in [1.29, 1.82) is 0 Å². The summed E-state index contributed by atoms with van der Waals surface area (Å²) in [6.07, 6.45) is 0. The van der Waals surface area contributed by atoms with Crippen molar-refractivity contribution in [3.63, 3.8) is 0 Å². The largest absolute Gasteiger partial charge is 0.397 e. The van der Waals surface area contributed by atoms with E-state index in [9.17, 15) is 4.79 Å². The number of amides is 1. The van der Waals surface area contributed by atoms with Gasteiger partial charge in [0.25, 0.3) is 5.91 Å². The lowest BCUT2D eigenvalue weighted by Gasteiger charge is -2.14. The van der Waals surface area contributed by atoms with Crippen molar-refractivity contribution in [3.8, 4) is 0 Å². The molecular weight excluding hydrogens is 318 g/mol. The maximum atomic E-state index is 12.2. The second-order valence-electron chi connectivity index (χ2n) is 4.60. The van der Waals surface area contributed by atoms with E-state index in [0.717, 1.165) is 11.4 Å². The molecule has 3 N–H and O–H groups in total. The third-order valence-electron chi connectivity index (χ3n) is 2.92. The molecule has 0 saturated carbocycles. The van der Waals surface area contributed by atoms with Crippen molar-refractivity contribution in [1.82, 2.24) is 0 Å². The average molecular weight is 334 g/mol. The van der Waals surface area contributed by atoms with E-state index in [0.29, 0.717) is 15.7 Å². The van der Waals surface area contributed by atoms with Gasteiger partial charge in [0.15, 0.2) is 0 Å². The van der Waals surface area contributed by atoms with Crippen LogP contribution >= 0.6 is 15.9 Å². The minimum absolute atomic E-state index is 0.222. The fraction of sp³-hybridized carbons (Fsp3) is 0.133. The van der Waals surface area contributed by atoms with Crippen LogP contribution in [0.5, 0.6) is 0 Å². The number of nitrogen functional groups attached to an aromatic ring is 1. The van der Waals surface area contributed by atoms with Crippen LogP contribution < -0.4 is 16.0 Å². The van der Waals surface area contributed by atoms with E-state index in [-0.39, 0.29) is 5.91 Å². The normalized spacial score (nSPS) is 10.2. The third kappa shape index (κ3) is 3.11. The summed E-state index contributed by atoms with van der Waals surface area (Å²) < 4.78 is 0.715. The molecular formula is C15H16BrN3O. The molecule has 2 aromatic carbocycles. The quantitative estimate of drug-likeness (QED) is 0.847. The highest BCUT2D eigenvalue weighted by Crippen LogP contribution is 2.24. The first kappa shape index (κ1) is 14.4. The van der Waals surface area contributed by atoms with E-state index in [4.69, 9.17) is 5.73 Å². The predicted octanol–water partition coefficient (Wildman–Crippen LogP) is 3.35. The maximum Gasteiger partial charge on any atom is 0.257 e. The van der Waals surface area contributed by atoms with Gasteiger partial charge >= 0.3 is 0 Å². The van der Waals surface area contributed by atoms with Gasteiger partial charge in [-0.2, -0.15) is 0 Å². The highest BCUT2D eigenvalue weighted by Gasteiger charge is 2.12. The number of anilines is 3. The second-order valence-corrected chi connectivity index (χ2v) is 5.45. The Hall–Kier alpha value is -2.01. The molecule has 0 aliphatic rings. The molecule has 5 heteroatoms. The maximum absolute atomic E-state index is 12.2. The van der Waals surface area contributed by atoms with Crippen LogP contribution in [-0.4, -0.2) is 20.0 Å². The molecule has 0 radical (unpaired) electrons. The van der Waals surface area contributed by atoms with Gasteiger partial charge in [-0.15, -0.1) is 0 Å². The third-order valence-corrected chi connectivity index (χ3v) is 3.61. The van der Waals surface area contributed by atoms with Crippen molar-refractivity contribution in [2.24, 2.45) is 0 Å². The van der Waals surface area contributed by atoms with Gasteiger partial charge in [-0.1, -0.05) is 12.1 Å². The lowest BCUT2D eigenvalue weighted by atomic mass is 10.1. The Morgan fingerprint density at radius 3 is 2.60 bits per heavy atom. The molecule has 0 atom stereocenters. The zero-order valence-electron chi connectivity index (χ0n) is 11.4. The lowest BCUT2D eigenvalue weighted by Crippen LogP contribution is -2.15. The van der Waals surface area contributed by atoms with Gasteiger partial charge in [0.1, 0.15) is 0 Å². The van der Waals surface area contributed by atoms with Gasteiger partial charge in [0.05, 0.1) is 11.3 Å². The molecule has 0 aromatic heterocycles. The Labute approximate surface area is 126 Å². The van der Waals surface area contributed by atoms with E-state index in [1.165, 1.54) is 0 Å². The standard InChI is InChI=1S/C15H16BrN3O/c1-19(2)11-6-3-5-10(9-11)18-15(20)12-7-4-8-13(16)14(12)17/h3-9H,17H2,1-2H3,(H,18,20). The Bertz CT molecular complexity index is 641. The Balaban J connectivity index is 2.24. The fourth-order valence-electron chi connectivity index (χ4n) is 1.80. The molecule has 0 heterocycles. The van der Waals surface area contributed by atoms with Gasteiger partial charge in [0.2, 0.25) is 0 Å². The van der Waals surface area contributed by atoms with Gasteiger partial charge < -0.3 is 16.0 Å².